The normalized spacial score (nSPS) is 10.6. The predicted molar refractivity (Wildman–Crippen MR) is 60.4 cm³/mol. The molecule has 0 radical (unpaired) electrons. The van der Waals surface area contributed by atoms with Gasteiger partial charge in [-0.3, -0.25) is 4.40 Å². The van der Waals surface area contributed by atoms with Gasteiger partial charge in [-0.05, 0) is 18.6 Å². The zero-order chi connectivity index (χ0) is 8.84. The summed E-state index contributed by atoms with van der Waals surface area (Å²) in [4.78, 5) is 0.962. The van der Waals surface area contributed by atoms with Crippen LogP contribution in [0.5, 0.6) is 0 Å². The van der Waals surface area contributed by atoms with Crippen molar-refractivity contribution in [3.8, 4) is 0 Å². The average molecular weight is 226 g/mol. The van der Waals surface area contributed by atoms with Crippen LogP contribution in [0.3, 0.4) is 0 Å². The third-order valence-corrected chi connectivity index (χ3v) is 3.17. The highest BCUT2D eigenvalue weighted by Gasteiger charge is 2.06. The Morgan fingerprint density at radius 3 is 3.07 bits per heavy atom. The van der Waals surface area contributed by atoms with Gasteiger partial charge in [-0.1, -0.05) is 23.5 Å². The fraction of sp³-hybridized carbons (Fsp3) is 0.111. The van der Waals surface area contributed by atoms with Crippen molar-refractivity contribution in [3.63, 3.8) is 0 Å². The molecule has 5 heteroatoms. The molecule has 0 unspecified atom stereocenters. The highest BCUT2D eigenvalue weighted by molar-refractivity contribution is 7.23. The van der Waals surface area contributed by atoms with Gasteiger partial charge in [-0.2, -0.15) is 0 Å². The van der Waals surface area contributed by atoms with Crippen LogP contribution in [0.15, 0.2) is 24.5 Å². The van der Waals surface area contributed by atoms with Crippen molar-refractivity contribution < 1.29 is 0 Å². The molecule has 3 aromatic rings. The van der Waals surface area contributed by atoms with Crippen molar-refractivity contribution in [2.75, 3.05) is 0 Å². The number of nitrogens with zero attached hydrogens (tertiary/aromatic N) is 3. The smallest absolute Gasteiger partial charge is 0.217 e. The minimum Gasteiger partial charge on any atom is -0.272 e. The molecule has 1 aromatic carbocycles. The molecule has 0 aliphatic heterocycles. The minimum atomic E-state index is 0. The van der Waals surface area contributed by atoms with Gasteiger partial charge in [0.2, 0.25) is 4.96 Å². The largest absolute Gasteiger partial charge is 0.272 e. The fourth-order valence-electron chi connectivity index (χ4n) is 1.57. The Hall–Kier alpha value is -1.13. The van der Waals surface area contributed by atoms with Gasteiger partial charge >= 0.3 is 0 Å². The van der Waals surface area contributed by atoms with Gasteiger partial charge in [0.05, 0.1) is 10.2 Å². The molecule has 2 aromatic heterocycles. The summed E-state index contributed by atoms with van der Waals surface area (Å²) in [6, 6.07) is 6.29. The van der Waals surface area contributed by atoms with Gasteiger partial charge in [0, 0.05) is 0 Å². The Bertz CT molecular complexity index is 584. The number of hydrogen-bond acceptors (Lipinski definition) is 3. The van der Waals surface area contributed by atoms with Crippen molar-refractivity contribution in [1.82, 2.24) is 14.6 Å². The summed E-state index contributed by atoms with van der Waals surface area (Å²) >= 11 is 1.67. The van der Waals surface area contributed by atoms with Gasteiger partial charge < -0.3 is 0 Å². The molecule has 72 valence electrons. The molecule has 0 saturated carbocycles. The van der Waals surface area contributed by atoms with Gasteiger partial charge in [-0.15, -0.1) is 22.6 Å². The number of thiazole rings is 1. The Morgan fingerprint density at radius 1 is 1.36 bits per heavy atom. The number of fused-ring (bicyclic) bond motifs is 3. The highest BCUT2D eigenvalue weighted by atomic mass is 35.5. The Morgan fingerprint density at radius 2 is 2.21 bits per heavy atom. The molecule has 0 fully saturated rings. The van der Waals surface area contributed by atoms with Gasteiger partial charge in [-0.25, -0.2) is 0 Å². The zero-order valence-electron chi connectivity index (χ0n) is 7.47. The molecule has 2 heterocycles. The molecule has 0 atom stereocenters. The van der Waals surface area contributed by atoms with E-state index in [1.807, 2.05) is 4.40 Å². The maximum Gasteiger partial charge on any atom is 0.217 e. The van der Waals surface area contributed by atoms with Crippen molar-refractivity contribution in [1.29, 1.82) is 0 Å². The van der Waals surface area contributed by atoms with E-state index in [2.05, 4.69) is 35.3 Å². The third kappa shape index (κ3) is 1.11. The SMILES string of the molecule is Cc1cccc2sc3nncn3c12.Cl. The standard InChI is InChI=1S/C9H7N3S.ClH/c1-6-3-2-4-7-8(6)12-5-10-11-9(12)13-7;/h2-5H,1H3;1H. The summed E-state index contributed by atoms with van der Waals surface area (Å²) in [6.45, 7) is 2.11. The summed E-state index contributed by atoms with van der Waals surface area (Å²) in [5, 5.41) is 7.90. The lowest BCUT2D eigenvalue weighted by atomic mass is 10.2. The van der Waals surface area contributed by atoms with Crippen molar-refractivity contribution in [2.24, 2.45) is 0 Å². The van der Waals surface area contributed by atoms with Crippen molar-refractivity contribution >= 4 is 38.9 Å². The van der Waals surface area contributed by atoms with Crippen LogP contribution in [-0.2, 0) is 0 Å². The lowest BCUT2D eigenvalue weighted by Crippen LogP contribution is -1.80. The summed E-state index contributed by atoms with van der Waals surface area (Å²) in [7, 11) is 0. The van der Waals surface area contributed by atoms with Crippen LogP contribution < -0.4 is 0 Å². The maximum absolute atomic E-state index is 4.03. The van der Waals surface area contributed by atoms with Crippen LogP contribution in [0.25, 0.3) is 15.2 Å². The predicted octanol–water partition coefficient (Wildman–Crippen LogP) is 2.67. The van der Waals surface area contributed by atoms with E-state index >= 15 is 0 Å². The minimum absolute atomic E-state index is 0. The first-order valence-corrected chi connectivity index (χ1v) is 4.86. The van der Waals surface area contributed by atoms with Crippen LogP contribution in [0.1, 0.15) is 5.56 Å². The molecular weight excluding hydrogens is 218 g/mol. The summed E-state index contributed by atoms with van der Waals surface area (Å²) in [5.41, 5.74) is 2.50. The number of hydrogen-bond donors (Lipinski definition) is 0. The van der Waals surface area contributed by atoms with Gasteiger partial charge in [0.1, 0.15) is 6.33 Å². The number of benzene rings is 1. The topological polar surface area (TPSA) is 30.2 Å². The number of aryl methyl sites for hydroxylation is 1. The zero-order valence-corrected chi connectivity index (χ0v) is 9.10. The average Bonchev–Trinajstić information content (AvgIpc) is 2.62. The fourth-order valence-corrected chi connectivity index (χ4v) is 2.59. The van der Waals surface area contributed by atoms with Crippen LogP contribution in [-0.4, -0.2) is 14.6 Å². The maximum atomic E-state index is 4.03. The quantitative estimate of drug-likeness (QED) is 0.589. The van der Waals surface area contributed by atoms with E-state index in [-0.39, 0.29) is 12.4 Å². The lowest BCUT2D eigenvalue weighted by molar-refractivity contribution is 1.11. The second-order valence-corrected chi connectivity index (χ2v) is 4.02. The number of aromatic nitrogens is 3. The Kier molecular flexibility index (Phi) is 2.17. The highest BCUT2D eigenvalue weighted by Crippen LogP contribution is 2.26. The molecule has 0 saturated heterocycles. The first-order chi connectivity index (χ1) is 6.36. The van der Waals surface area contributed by atoms with E-state index in [4.69, 9.17) is 0 Å². The second kappa shape index (κ2) is 3.22. The Balaban J connectivity index is 0.000000750. The van der Waals surface area contributed by atoms with Crippen LogP contribution in [0, 0.1) is 6.92 Å². The van der Waals surface area contributed by atoms with E-state index < -0.39 is 0 Å². The summed E-state index contributed by atoms with van der Waals surface area (Å²) in [6.07, 6.45) is 1.77. The van der Waals surface area contributed by atoms with Crippen LogP contribution in [0.4, 0.5) is 0 Å². The third-order valence-electron chi connectivity index (χ3n) is 2.16. The first-order valence-electron chi connectivity index (χ1n) is 4.04. The molecule has 3 nitrogen and oxygen atoms in total. The lowest BCUT2D eigenvalue weighted by Gasteiger charge is -1.94. The molecule has 14 heavy (non-hydrogen) atoms. The van der Waals surface area contributed by atoms with E-state index in [1.165, 1.54) is 15.8 Å². The molecule has 0 aliphatic rings. The second-order valence-electron chi connectivity index (χ2n) is 3.01. The van der Waals surface area contributed by atoms with Crippen LogP contribution >= 0.6 is 23.7 Å². The molecule has 0 amide bonds. The number of rotatable bonds is 0. The summed E-state index contributed by atoms with van der Waals surface area (Å²) < 4.78 is 3.31. The van der Waals surface area contributed by atoms with E-state index in [0.717, 1.165) is 4.96 Å². The van der Waals surface area contributed by atoms with E-state index in [9.17, 15) is 0 Å². The van der Waals surface area contributed by atoms with Gasteiger partial charge in [0.15, 0.2) is 0 Å². The molecule has 0 bridgehead atoms. The molecule has 0 N–H and O–H groups in total. The monoisotopic (exact) mass is 225 g/mol. The van der Waals surface area contributed by atoms with Gasteiger partial charge in [0.25, 0.3) is 0 Å². The summed E-state index contributed by atoms with van der Waals surface area (Å²) in [5.74, 6) is 0. The molecular formula is C9H8ClN3S. The van der Waals surface area contributed by atoms with Crippen molar-refractivity contribution in [2.45, 2.75) is 6.92 Å². The number of para-hydroxylation sites is 1. The molecule has 0 aliphatic carbocycles. The van der Waals surface area contributed by atoms with Crippen LogP contribution in [0.2, 0.25) is 0 Å². The van der Waals surface area contributed by atoms with E-state index in [0.29, 0.717) is 0 Å². The molecule has 3 rings (SSSR count). The number of halogens is 1. The van der Waals surface area contributed by atoms with E-state index in [1.54, 1.807) is 17.7 Å². The first kappa shape index (κ1) is 9.43. The Labute approximate surface area is 90.8 Å². The molecule has 0 spiro atoms. The van der Waals surface area contributed by atoms with Crippen molar-refractivity contribution in [3.05, 3.63) is 30.1 Å².